The van der Waals surface area contributed by atoms with E-state index >= 15 is 0 Å². The monoisotopic (exact) mass is 248 g/mol. The first-order valence-corrected chi connectivity index (χ1v) is 5.01. The van der Waals surface area contributed by atoms with Crippen LogP contribution >= 0.6 is 0 Å². The molecule has 0 aliphatic carbocycles. The molecule has 0 amide bonds. The van der Waals surface area contributed by atoms with Crippen molar-refractivity contribution < 1.29 is 19.0 Å². The van der Waals surface area contributed by atoms with Gasteiger partial charge in [0.05, 0.1) is 7.11 Å². The molecule has 0 saturated carbocycles. The van der Waals surface area contributed by atoms with Crippen LogP contribution in [-0.2, 0) is 0 Å². The summed E-state index contributed by atoms with van der Waals surface area (Å²) in [5.41, 5.74) is 0.229. The van der Waals surface area contributed by atoms with Gasteiger partial charge < -0.3 is 9.84 Å². The minimum atomic E-state index is -1.21. The molecule has 2 aromatic rings. The molecule has 0 saturated heterocycles. The number of hydrogen-bond donors (Lipinski definition) is 1. The number of aromatic carboxylic acids is 1. The van der Waals surface area contributed by atoms with Crippen molar-refractivity contribution in [1.29, 1.82) is 0 Å². The SMILES string of the molecule is COc1ccc(-c2nccnc2C(=O)O)cc1F. The van der Waals surface area contributed by atoms with E-state index in [1.165, 1.54) is 31.6 Å². The van der Waals surface area contributed by atoms with E-state index in [4.69, 9.17) is 9.84 Å². The zero-order chi connectivity index (χ0) is 13.1. The Bertz CT molecular complexity index is 602. The molecular formula is C12H9FN2O3. The number of carboxylic acid groups (broad SMARTS) is 1. The average Bonchev–Trinajstić information content (AvgIpc) is 2.38. The van der Waals surface area contributed by atoms with Crippen LogP contribution in [0.4, 0.5) is 4.39 Å². The maximum Gasteiger partial charge on any atom is 0.356 e. The second-order valence-corrected chi connectivity index (χ2v) is 3.41. The second-order valence-electron chi connectivity index (χ2n) is 3.41. The molecule has 18 heavy (non-hydrogen) atoms. The number of nitrogens with zero attached hydrogens (tertiary/aromatic N) is 2. The lowest BCUT2D eigenvalue weighted by Crippen LogP contribution is -2.04. The van der Waals surface area contributed by atoms with Gasteiger partial charge >= 0.3 is 5.97 Å². The van der Waals surface area contributed by atoms with Gasteiger partial charge in [-0.1, -0.05) is 0 Å². The Morgan fingerprint density at radius 1 is 1.33 bits per heavy atom. The van der Waals surface area contributed by atoms with Gasteiger partial charge in [0.15, 0.2) is 17.3 Å². The van der Waals surface area contributed by atoms with Crippen molar-refractivity contribution in [2.24, 2.45) is 0 Å². The Balaban J connectivity index is 2.55. The molecule has 5 nitrogen and oxygen atoms in total. The Labute approximate surface area is 102 Å². The molecule has 1 aromatic carbocycles. The molecule has 0 aliphatic rings. The smallest absolute Gasteiger partial charge is 0.356 e. The summed E-state index contributed by atoms with van der Waals surface area (Å²) in [7, 11) is 1.35. The van der Waals surface area contributed by atoms with E-state index in [1.807, 2.05) is 0 Å². The fourth-order valence-corrected chi connectivity index (χ4v) is 1.52. The van der Waals surface area contributed by atoms with E-state index in [0.29, 0.717) is 5.56 Å². The number of aromatic nitrogens is 2. The van der Waals surface area contributed by atoms with Gasteiger partial charge in [0.1, 0.15) is 5.69 Å². The zero-order valence-corrected chi connectivity index (χ0v) is 9.42. The normalized spacial score (nSPS) is 10.1. The van der Waals surface area contributed by atoms with Gasteiger partial charge in [-0.2, -0.15) is 0 Å². The maximum absolute atomic E-state index is 13.5. The minimum absolute atomic E-state index is 0.0829. The molecule has 0 bridgehead atoms. The molecule has 92 valence electrons. The second kappa shape index (κ2) is 4.79. The van der Waals surface area contributed by atoms with Crippen LogP contribution in [0.2, 0.25) is 0 Å². The van der Waals surface area contributed by atoms with Gasteiger partial charge in [0.25, 0.3) is 0 Å². The lowest BCUT2D eigenvalue weighted by molar-refractivity contribution is 0.0691. The zero-order valence-electron chi connectivity index (χ0n) is 9.42. The average molecular weight is 248 g/mol. The summed E-state index contributed by atoms with van der Waals surface area (Å²) in [5.74, 6) is -1.72. The number of halogens is 1. The molecule has 0 aliphatic heterocycles. The third-order valence-corrected chi connectivity index (χ3v) is 2.33. The van der Waals surface area contributed by atoms with Crippen molar-refractivity contribution in [3.63, 3.8) is 0 Å². The van der Waals surface area contributed by atoms with Crippen molar-refractivity contribution in [3.05, 3.63) is 42.1 Å². The summed E-state index contributed by atoms with van der Waals surface area (Å²) in [5, 5.41) is 8.98. The van der Waals surface area contributed by atoms with Crippen molar-refractivity contribution >= 4 is 5.97 Å². The van der Waals surface area contributed by atoms with E-state index in [2.05, 4.69) is 9.97 Å². The lowest BCUT2D eigenvalue weighted by atomic mass is 10.1. The highest BCUT2D eigenvalue weighted by Gasteiger charge is 2.15. The third-order valence-electron chi connectivity index (χ3n) is 2.33. The Morgan fingerprint density at radius 2 is 2.06 bits per heavy atom. The van der Waals surface area contributed by atoms with Crippen LogP contribution in [0, 0.1) is 5.82 Å². The number of carbonyl (C=O) groups is 1. The highest BCUT2D eigenvalue weighted by atomic mass is 19.1. The van der Waals surface area contributed by atoms with Crippen molar-refractivity contribution in [2.45, 2.75) is 0 Å². The fraction of sp³-hybridized carbons (Fsp3) is 0.0833. The molecule has 0 spiro atoms. The van der Waals surface area contributed by atoms with Crippen LogP contribution in [0.5, 0.6) is 5.75 Å². The number of benzene rings is 1. The van der Waals surface area contributed by atoms with E-state index < -0.39 is 11.8 Å². The molecule has 0 fully saturated rings. The fourth-order valence-electron chi connectivity index (χ4n) is 1.52. The molecule has 1 N–H and O–H groups in total. The van der Waals surface area contributed by atoms with Crippen molar-refractivity contribution in [2.75, 3.05) is 7.11 Å². The van der Waals surface area contributed by atoms with Crippen LogP contribution in [0.15, 0.2) is 30.6 Å². The number of methoxy groups -OCH3 is 1. The van der Waals surface area contributed by atoms with E-state index in [0.717, 1.165) is 6.07 Å². The molecule has 1 heterocycles. The van der Waals surface area contributed by atoms with E-state index in [9.17, 15) is 9.18 Å². The van der Waals surface area contributed by atoms with Gasteiger partial charge in [-0.15, -0.1) is 0 Å². The summed E-state index contributed by atoms with van der Waals surface area (Å²) in [4.78, 5) is 18.6. The number of rotatable bonds is 3. The highest BCUT2D eigenvalue weighted by Crippen LogP contribution is 2.25. The highest BCUT2D eigenvalue weighted by molar-refractivity contribution is 5.92. The molecular weight excluding hydrogens is 239 g/mol. The number of ether oxygens (including phenoxy) is 1. The number of carboxylic acids is 1. The Morgan fingerprint density at radius 3 is 2.67 bits per heavy atom. The molecule has 0 atom stereocenters. The van der Waals surface area contributed by atoms with Crippen LogP contribution in [-0.4, -0.2) is 28.2 Å². The minimum Gasteiger partial charge on any atom is -0.494 e. The largest absolute Gasteiger partial charge is 0.494 e. The predicted molar refractivity (Wildman–Crippen MR) is 60.9 cm³/mol. The first-order chi connectivity index (χ1) is 8.63. The molecule has 6 heteroatoms. The summed E-state index contributed by atoms with van der Waals surface area (Å²) in [6.45, 7) is 0. The quantitative estimate of drug-likeness (QED) is 0.899. The standard InChI is InChI=1S/C12H9FN2O3/c1-18-9-3-2-7(6-8(9)13)10-11(12(16)17)15-5-4-14-10/h2-6H,1H3,(H,16,17). The summed E-state index contributed by atoms with van der Waals surface area (Å²) in [6, 6.07) is 4.10. The predicted octanol–water partition coefficient (Wildman–Crippen LogP) is 1.99. The van der Waals surface area contributed by atoms with Crippen molar-refractivity contribution in [3.8, 4) is 17.0 Å². The summed E-state index contributed by atoms with van der Waals surface area (Å²) >= 11 is 0. The molecule has 1 aromatic heterocycles. The van der Waals surface area contributed by atoms with Gasteiger partial charge in [-0.05, 0) is 18.2 Å². The summed E-state index contributed by atoms with van der Waals surface area (Å²) < 4.78 is 18.3. The van der Waals surface area contributed by atoms with Crippen LogP contribution in [0.25, 0.3) is 11.3 Å². The molecule has 0 unspecified atom stereocenters. The van der Waals surface area contributed by atoms with Crippen molar-refractivity contribution in [1.82, 2.24) is 9.97 Å². The topological polar surface area (TPSA) is 72.3 Å². The third kappa shape index (κ3) is 2.13. The van der Waals surface area contributed by atoms with Gasteiger partial charge in [-0.25, -0.2) is 14.2 Å². The Hall–Kier alpha value is -2.50. The summed E-state index contributed by atoms with van der Waals surface area (Å²) in [6.07, 6.45) is 2.62. The molecule has 2 rings (SSSR count). The maximum atomic E-state index is 13.5. The van der Waals surface area contributed by atoms with Gasteiger partial charge in [-0.3, -0.25) is 4.98 Å². The first-order valence-electron chi connectivity index (χ1n) is 5.01. The van der Waals surface area contributed by atoms with Crippen LogP contribution in [0.3, 0.4) is 0 Å². The first kappa shape index (κ1) is 12.0. The lowest BCUT2D eigenvalue weighted by Gasteiger charge is -2.06. The van der Waals surface area contributed by atoms with E-state index in [1.54, 1.807) is 0 Å². The Kier molecular flexibility index (Phi) is 3.18. The van der Waals surface area contributed by atoms with Crippen LogP contribution < -0.4 is 4.74 Å². The number of hydrogen-bond acceptors (Lipinski definition) is 4. The van der Waals surface area contributed by atoms with Crippen LogP contribution in [0.1, 0.15) is 10.5 Å². The van der Waals surface area contributed by atoms with Gasteiger partial charge in [0.2, 0.25) is 0 Å². The van der Waals surface area contributed by atoms with Gasteiger partial charge in [0, 0.05) is 18.0 Å². The molecule has 0 radical (unpaired) electrons. The van der Waals surface area contributed by atoms with E-state index in [-0.39, 0.29) is 17.1 Å².